The lowest BCUT2D eigenvalue weighted by molar-refractivity contribution is -0.119. The van der Waals surface area contributed by atoms with Gasteiger partial charge in [0.15, 0.2) is 0 Å². The van der Waals surface area contributed by atoms with E-state index in [4.69, 9.17) is 21.5 Å². The number of ether oxygens (including phenoxy) is 1. The van der Waals surface area contributed by atoms with Gasteiger partial charge in [-0.1, -0.05) is 41.9 Å². The van der Waals surface area contributed by atoms with Crippen molar-refractivity contribution in [3.05, 3.63) is 82.9 Å². The lowest BCUT2D eigenvalue weighted by Gasteiger charge is -2.14. The zero-order valence-electron chi connectivity index (χ0n) is 18.0. The number of nitrogens with one attached hydrogen (secondary N) is 2. The quantitative estimate of drug-likeness (QED) is 0.454. The summed E-state index contributed by atoms with van der Waals surface area (Å²) in [6, 6.07) is 18.1. The molecule has 176 valence electrons. The van der Waals surface area contributed by atoms with Crippen LogP contribution in [-0.2, 0) is 26.0 Å². The summed E-state index contributed by atoms with van der Waals surface area (Å²) in [6.45, 7) is 0. The molecule has 1 saturated heterocycles. The molecule has 0 spiro atoms. The molecular formula is C24H22ClN3O5S. The lowest BCUT2D eigenvalue weighted by atomic mass is 10.1. The highest BCUT2D eigenvalue weighted by atomic mass is 35.5. The van der Waals surface area contributed by atoms with Crippen LogP contribution in [0.3, 0.4) is 0 Å². The number of carbonyl (C=O) groups is 2. The number of rotatable bonds is 7. The molecule has 3 aromatic carbocycles. The summed E-state index contributed by atoms with van der Waals surface area (Å²) in [7, 11) is -4.15. The molecule has 34 heavy (non-hydrogen) atoms. The van der Waals surface area contributed by atoms with Crippen LogP contribution in [0.15, 0.2) is 71.6 Å². The Balaban J connectivity index is 1.50. The number of halogens is 1. The van der Waals surface area contributed by atoms with Crippen LogP contribution in [0.4, 0.5) is 5.69 Å². The molecule has 10 heteroatoms. The number of primary sulfonamides is 1. The highest BCUT2D eigenvalue weighted by Gasteiger charge is 2.22. The third kappa shape index (κ3) is 5.74. The van der Waals surface area contributed by atoms with Crippen LogP contribution in [0.1, 0.15) is 30.0 Å². The fraction of sp³-hybridized carbons (Fsp3) is 0.167. The largest absolute Gasteiger partial charge is 0.456 e. The van der Waals surface area contributed by atoms with E-state index in [0.29, 0.717) is 22.8 Å². The van der Waals surface area contributed by atoms with E-state index < -0.39 is 10.0 Å². The molecule has 0 radical (unpaired) electrons. The summed E-state index contributed by atoms with van der Waals surface area (Å²) < 4.78 is 30.2. The van der Waals surface area contributed by atoms with Crippen molar-refractivity contribution in [3.63, 3.8) is 0 Å². The Labute approximate surface area is 202 Å². The number of benzene rings is 3. The van der Waals surface area contributed by atoms with E-state index >= 15 is 0 Å². The number of anilines is 1. The third-order valence-corrected chi connectivity index (χ3v) is 6.65. The number of sulfonamides is 1. The molecule has 1 aliphatic heterocycles. The van der Waals surface area contributed by atoms with Crippen molar-refractivity contribution >= 4 is 39.1 Å². The second-order valence-corrected chi connectivity index (χ2v) is 9.79. The number of amides is 2. The SMILES string of the molecule is NS(=O)(=O)c1cc(NC(=O)Cc2ccccc2Cl)ccc1Oc1ccc(C2CCC(=O)N2)cc1. The van der Waals surface area contributed by atoms with Crippen LogP contribution in [0.2, 0.25) is 5.02 Å². The van der Waals surface area contributed by atoms with Gasteiger partial charge in [0.05, 0.1) is 12.5 Å². The first kappa shape index (κ1) is 23.7. The second kappa shape index (κ2) is 9.84. The number of hydrogen-bond acceptors (Lipinski definition) is 5. The van der Waals surface area contributed by atoms with Gasteiger partial charge < -0.3 is 15.4 Å². The third-order valence-electron chi connectivity index (χ3n) is 5.35. The standard InChI is InChI=1S/C24H22ClN3O5S/c25-19-4-2-1-3-16(19)13-24(30)27-17-7-11-21(22(14-17)34(26,31)32)33-18-8-5-15(6-9-18)20-10-12-23(29)28-20/h1-9,11,14,20H,10,12-13H2,(H,27,30)(H,28,29)(H2,26,31,32). The van der Waals surface area contributed by atoms with Crippen LogP contribution in [0, 0.1) is 0 Å². The van der Waals surface area contributed by atoms with E-state index in [0.717, 1.165) is 12.0 Å². The van der Waals surface area contributed by atoms with E-state index in [1.54, 1.807) is 36.4 Å². The lowest BCUT2D eigenvalue weighted by Crippen LogP contribution is -2.18. The van der Waals surface area contributed by atoms with Crippen molar-refractivity contribution < 1.29 is 22.7 Å². The van der Waals surface area contributed by atoms with Gasteiger partial charge in [-0.05, 0) is 53.9 Å². The molecule has 1 fully saturated rings. The van der Waals surface area contributed by atoms with Crippen molar-refractivity contribution in [2.75, 3.05) is 5.32 Å². The van der Waals surface area contributed by atoms with Gasteiger partial charge in [0.2, 0.25) is 21.8 Å². The molecule has 0 aliphatic carbocycles. The first-order chi connectivity index (χ1) is 16.2. The van der Waals surface area contributed by atoms with Crippen molar-refractivity contribution in [1.82, 2.24) is 5.32 Å². The van der Waals surface area contributed by atoms with Gasteiger partial charge in [-0.2, -0.15) is 0 Å². The maximum Gasteiger partial charge on any atom is 0.241 e. The minimum atomic E-state index is -4.15. The fourth-order valence-corrected chi connectivity index (χ4v) is 4.56. The fourth-order valence-electron chi connectivity index (χ4n) is 3.67. The Morgan fingerprint density at radius 1 is 1.12 bits per heavy atom. The van der Waals surface area contributed by atoms with Crippen molar-refractivity contribution in [1.29, 1.82) is 0 Å². The number of hydrogen-bond donors (Lipinski definition) is 3. The van der Waals surface area contributed by atoms with Crippen LogP contribution in [-0.4, -0.2) is 20.2 Å². The summed E-state index contributed by atoms with van der Waals surface area (Å²) >= 11 is 6.10. The Morgan fingerprint density at radius 2 is 1.85 bits per heavy atom. The maximum atomic E-state index is 12.4. The van der Waals surface area contributed by atoms with Gasteiger partial charge in [0.1, 0.15) is 16.4 Å². The number of carbonyl (C=O) groups excluding carboxylic acids is 2. The van der Waals surface area contributed by atoms with Crippen LogP contribution < -0.4 is 20.5 Å². The topological polar surface area (TPSA) is 128 Å². The zero-order chi connectivity index (χ0) is 24.3. The predicted octanol–water partition coefficient (Wildman–Crippen LogP) is 3.91. The van der Waals surface area contributed by atoms with E-state index in [1.165, 1.54) is 18.2 Å². The Bertz CT molecular complexity index is 1340. The van der Waals surface area contributed by atoms with Crippen molar-refractivity contribution in [3.8, 4) is 11.5 Å². The highest BCUT2D eigenvalue weighted by Crippen LogP contribution is 2.32. The summed E-state index contributed by atoms with van der Waals surface area (Å²) in [6.07, 6.45) is 1.23. The highest BCUT2D eigenvalue weighted by molar-refractivity contribution is 7.89. The molecule has 0 saturated carbocycles. The molecule has 3 aromatic rings. The second-order valence-electron chi connectivity index (χ2n) is 7.85. The van der Waals surface area contributed by atoms with Gasteiger partial charge in [-0.3, -0.25) is 9.59 Å². The predicted molar refractivity (Wildman–Crippen MR) is 128 cm³/mol. The Kier molecular flexibility index (Phi) is 6.87. The molecule has 0 aromatic heterocycles. The van der Waals surface area contributed by atoms with Crippen molar-refractivity contribution in [2.24, 2.45) is 5.14 Å². The monoisotopic (exact) mass is 499 g/mol. The van der Waals surface area contributed by atoms with Crippen LogP contribution in [0.5, 0.6) is 11.5 Å². The van der Waals surface area contributed by atoms with Gasteiger partial charge in [-0.15, -0.1) is 0 Å². The Hall–Kier alpha value is -3.40. The van der Waals surface area contributed by atoms with Gasteiger partial charge in [0.25, 0.3) is 0 Å². The molecule has 0 bridgehead atoms. The average molecular weight is 500 g/mol. The number of nitrogens with two attached hydrogens (primary N) is 1. The molecule has 4 N–H and O–H groups in total. The summed E-state index contributed by atoms with van der Waals surface area (Å²) in [4.78, 5) is 23.6. The first-order valence-electron chi connectivity index (χ1n) is 10.5. The maximum absolute atomic E-state index is 12.4. The van der Waals surface area contributed by atoms with Crippen molar-refractivity contribution in [2.45, 2.75) is 30.2 Å². The van der Waals surface area contributed by atoms with E-state index in [2.05, 4.69) is 10.6 Å². The molecule has 1 atom stereocenters. The van der Waals surface area contributed by atoms with Crippen LogP contribution >= 0.6 is 11.6 Å². The molecule has 1 aliphatic rings. The van der Waals surface area contributed by atoms with Gasteiger partial charge >= 0.3 is 0 Å². The normalized spacial score (nSPS) is 15.6. The molecule has 4 rings (SSSR count). The van der Waals surface area contributed by atoms with Crippen LogP contribution in [0.25, 0.3) is 0 Å². The molecule has 2 amide bonds. The minimum Gasteiger partial charge on any atom is -0.456 e. The molecule has 1 heterocycles. The van der Waals surface area contributed by atoms with Gasteiger partial charge in [-0.25, -0.2) is 13.6 Å². The van der Waals surface area contributed by atoms with E-state index in [9.17, 15) is 18.0 Å². The zero-order valence-corrected chi connectivity index (χ0v) is 19.5. The summed E-state index contributed by atoms with van der Waals surface area (Å²) in [5.74, 6) is 0.0703. The Morgan fingerprint density at radius 3 is 2.50 bits per heavy atom. The van der Waals surface area contributed by atoms with E-state index in [1.807, 2.05) is 12.1 Å². The minimum absolute atomic E-state index is 0.0159. The average Bonchev–Trinajstić information content (AvgIpc) is 3.22. The van der Waals surface area contributed by atoms with E-state index in [-0.39, 0.29) is 40.6 Å². The molecule has 1 unspecified atom stereocenters. The molecule has 8 nitrogen and oxygen atoms in total. The van der Waals surface area contributed by atoms with Gasteiger partial charge in [0, 0.05) is 17.1 Å². The first-order valence-corrected chi connectivity index (χ1v) is 12.4. The summed E-state index contributed by atoms with van der Waals surface area (Å²) in [5, 5.41) is 11.4. The summed E-state index contributed by atoms with van der Waals surface area (Å²) in [5.41, 5.74) is 1.83. The smallest absolute Gasteiger partial charge is 0.241 e. The molecular weight excluding hydrogens is 478 g/mol.